The summed E-state index contributed by atoms with van der Waals surface area (Å²) < 4.78 is 12.3. The lowest BCUT2D eigenvalue weighted by Gasteiger charge is -2.21. The van der Waals surface area contributed by atoms with Crippen LogP contribution in [0.5, 0.6) is 11.5 Å². The number of rotatable bonds is 8. The molecule has 8 heteroatoms. The molecule has 0 unspecified atom stereocenters. The maximum absolute atomic E-state index is 13.2. The molecule has 3 aromatic rings. The van der Waals surface area contributed by atoms with E-state index in [9.17, 15) is 9.59 Å². The normalized spacial score (nSPS) is 11.2. The summed E-state index contributed by atoms with van der Waals surface area (Å²) in [6, 6.07) is 14.8. The van der Waals surface area contributed by atoms with Gasteiger partial charge in [0.1, 0.15) is 23.9 Å². The number of aryl methyl sites for hydroxylation is 1. The fraction of sp³-hybridized carbons (Fsp3) is 0.370. The number of likely N-dealkylation sites (N-methyl/N-ethyl adjacent to an activating group) is 1. The number of hydrogen-bond acceptors (Lipinski definition) is 5. The summed E-state index contributed by atoms with van der Waals surface area (Å²) in [7, 11) is 3.05. The van der Waals surface area contributed by atoms with Crippen molar-refractivity contribution in [1.82, 2.24) is 14.7 Å². The number of nitrogens with zero attached hydrogens (tertiary/aromatic N) is 3. The predicted molar refractivity (Wildman–Crippen MR) is 137 cm³/mol. The minimum Gasteiger partial charge on any atom is -0.497 e. The molecular weight excluding hydrogens is 444 g/mol. The Morgan fingerprint density at radius 2 is 1.69 bits per heavy atom. The van der Waals surface area contributed by atoms with Gasteiger partial charge < -0.3 is 19.7 Å². The highest BCUT2D eigenvalue weighted by Gasteiger charge is 2.23. The summed E-state index contributed by atoms with van der Waals surface area (Å²) in [6.07, 6.45) is 0. The van der Waals surface area contributed by atoms with Crippen molar-refractivity contribution in [1.29, 1.82) is 0 Å². The summed E-state index contributed by atoms with van der Waals surface area (Å²) in [5, 5.41) is 7.72. The Bertz CT molecular complexity index is 1190. The molecule has 2 aromatic carbocycles. The van der Waals surface area contributed by atoms with Gasteiger partial charge >= 0.3 is 0 Å². The molecule has 186 valence electrons. The summed E-state index contributed by atoms with van der Waals surface area (Å²) in [5.74, 6) is 0.957. The van der Waals surface area contributed by atoms with Gasteiger partial charge in [0.2, 0.25) is 5.91 Å². The van der Waals surface area contributed by atoms with E-state index in [4.69, 9.17) is 14.6 Å². The molecule has 0 saturated carbocycles. The second-order valence-electron chi connectivity index (χ2n) is 9.38. The zero-order chi connectivity index (χ0) is 25.8. The third-order valence-corrected chi connectivity index (χ3v) is 5.59. The monoisotopic (exact) mass is 478 g/mol. The SMILES string of the molecule is CCN(CC(=O)Nc1cc(C(C)(C)C)nn1-c1cccc(C)c1)C(=O)c1cc(OC)cc(OC)c1. The van der Waals surface area contributed by atoms with E-state index in [1.807, 2.05) is 44.2 Å². The van der Waals surface area contributed by atoms with Gasteiger partial charge in [-0.05, 0) is 43.7 Å². The number of hydrogen-bond donors (Lipinski definition) is 1. The van der Waals surface area contributed by atoms with Gasteiger partial charge in [-0.15, -0.1) is 0 Å². The van der Waals surface area contributed by atoms with E-state index >= 15 is 0 Å². The third-order valence-electron chi connectivity index (χ3n) is 5.59. The fourth-order valence-electron chi connectivity index (χ4n) is 3.59. The maximum Gasteiger partial charge on any atom is 0.254 e. The molecule has 0 aliphatic carbocycles. The first-order valence-electron chi connectivity index (χ1n) is 11.6. The highest BCUT2D eigenvalue weighted by atomic mass is 16.5. The molecular formula is C27H34N4O4. The van der Waals surface area contributed by atoms with Crippen LogP contribution in [0.2, 0.25) is 0 Å². The van der Waals surface area contributed by atoms with Crippen molar-refractivity contribution < 1.29 is 19.1 Å². The van der Waals surface area contributed by atoms with E-state index in [1.165, 1.54) is 19.1 Å². The molecule has 0 atom stereocenters. The molecule has 0 bridgehead atoms. The molecule has 1 aromatic heterocycles. The van der Waals surface area contributed by atoms with Crippen LogP contribution in [0.1, 0.15) is 49.3 Å². The van der Waals surface area contributed by atoms with Crippen molar-refractivity contribution in [3.05, 3.63) is 65.4 Å². The Morgan fingerprint density at radius 1 is 1.03 bits per heavy atom. The van der Waals surface area contributed by atoms with Crippen LogP contribution in [0, 0.1) is 6.92 Å². The first-order valence-corrected chi connectivity index (χ1v) is 11.6. The number of carbonyl (C=O) groups excluding carboxylic acids is 2. The van der Waals surface area contributed by atoms with Crippen LogP contribution in [0.25, 0.3) is 5.69 Å². The number of anilines is 1. The molecule has 1 heterocycles. The third kappa shape index (κ3) is 6.20. The molecule has 0 saturated heterocycles. The lowest BCUT2D eigenvalue weighted by Crippen LogP contribution is -2.38. The highest BCUT2D eigenvalue weighted by Crippen LogP contribution is 2.27. The van der Waals surface area contributed by atoms with Crippen molar-refractivity contribution in [3.63, 3.8) is 0 Å². The van der Waals surface area contributed by atoms with Crippen LogP contribution in [-0.2, 0) is 10.2 Å². The van der Waals surface area contributed by atoms with E-state index in [0.29, 0.717) is 29.4 Å². The van der Waals surface area contributed by atoms with Crippen molar-refractivity contribution in [3.8, 4) is 17.2 Å². The average Bonchev–Trinajstić information content (AvgIpc) is 3.26. The van der Waals surface area contributed by atoms with Gasteiger partial charge in [-0.3, -0.25) is 9.59 Å². The van der Waals surface area contributed by atoms with E-state index in [2.05, 4.69) is 26.1 Å². The first kappa shape index (κ1) is 25.8. The number of amides is 2. The Balaban J connectivity index is 1.85. The van der Waals surface area contributed by atoms with Gasteiger partial charge in [0.25, 0.3) is 5.91 Å². The zero-order valence-electron chi connectivity index (χ0n) is 21.5. The van der Waals surface area contributed by atoms with Gasteiger partial charge in [0.15, 0.2) is 0 Å². The van der Waals surface area contributed by atoms with Crippen LogP contribution in [0.3, 0.4) is 0 Å². The maximum atomic E-state index is 13.2. The van der Waals surface area contributed by atoms with Crippen molar-refractivity contribution in [2.45, 2.75) is 40.0 Å². The van der Waals surface area contributed by atoms with Gasteiger partial charge in [0.05, 0.1) is 25.6 Å². The van der Waals surface area contributed by atoms with Crippen molar-refractivity contribution in [2.24, 2.45) is 0 Å². The number of aromatic nitrogens is 2. The van der Waals surface area contributed by atoms with Gasteiger partial charge in [-0.25, -0.2) is 4.68 Å². The smallest absolute Gasteiger partial charge is 0.254 e. The summed E-state index contributed by atoms with van der Waals surface area (Å²) in [4.78, 5) is 27.7. The van der Waals surface area contributed by atoms with Gasteiger partial charge in [-0.2, -0.15) is 5.10 Å². The minimum absolute atomic E-state index is 0.112. The summed E-state index contributed by atoms with van der Waals surface area (Å²) in [5.41, 5.74) is 2.97. The zero-order valence-corrected chi connectivity index (χ0v) is 21.5. The Morgan fingerprint density at radius 3 is 2.23 bits per heavy atom. The second kappa shape index (κ2) is 10.6. The number of methoxy groups -OCH3 is 2. The van der Waals surface area contributed by atoms with Crippen LogP contribution >= 0.6 is 0 Å². The minimum atomic E-state index is -0.315. The lowest BCUT2D eigenvalue weighted by molar-refractivity contribution is -0.116. The molecule has 0 radical (unpaired) electrons. The number of carbonyl (C=O) groups is 2. The van der Waals surface area contributed by atoms with Crippen LogP contribution in [0.4, 0.5) is 5.82 Å². The van der Waals surface area contributed by atoms with Crippen molar-refractivity contribution >= 4 is 17.6 Å². The first-order chi connectivity index (χ1) is 16.5. The van der Waals surface area contributed by atoms with E-state index in [1.54, 1.807) is 22.9 Å². The van der Waals surface area contributed by atoms with Crippen LogP contribution < -0.4 is 14.8 Å². The second-order valence-corrected chi connectivity index (χ2v) is 9.38. The van der Waals surface area contributed by atoms with Crippen molar-refractivity contribution in [2.75, 3.05) is 32.6 Å². The van der Waals surface area contributed by atoms with Gasteiger partial charge in [-0.1, -0.05) is 32.9 Å². The largest absolute Gasteiger partial charge is 0.497 e. The molecule has 8 nitrogen and oxygen atoms in total. The quantitative estimate of drug-likeness (QED) is 0.512. The molecule has 1 N–H and O–H groups in total. The molecule has 0 aliphatic rings. The summed E-state index contributed by atoms with van der Waals surface area (Å²) >= 11 is 0. The highest BCUT2D eigenvalue weighted by molar-refractivity contribution is 5.99. The molecule has 2 amide bonds. The van der Waals surface area contributed by atoms with Crippen LogP contribution in [0.15, 0.2) is 48.5 Å². The Hall–Kier alpha value is -3.81. The average molecular weight is 479 g/mol. The number of benzene rings is 2. The molecule has 0 aliphatic heterocycles. The van der Waals surface area contributed by atoms with Gasteiger partial charge in [0, 0.05) is 29.7 Å². The van der Waals surface area contributed by atoms with E-state index in [-0.39, 0.29) is 23.8 Å². The topological polar surface area (TPSA) is 85.7 Å². The molecule has 35 heavy (non-hydrogen) atoms. The van der Waals surface area contributed by atoms with E-state index in [0.717, 1.165) is 16.9 Å². The lowest BCUT2D eigenvalue weighted by atomic mass is 9.92. The van der Waals surface area contributed by atoms with Crippen LogP contribution in [-0.4, -0.2) is 53.8 Å². The predicted octanol–water partition coefficient (Wildman–Crippen LogP) is 4.60. The molecule has 0 spiro atoms. The molecule has 0 fully saturated rings. The summed E-state index contributed by atoms with van der Waals surface area (Å²) in [6.45, 7) is 10.3. The Labute approximate surface area is 206 Å². The Kier molecular flexibility index (Phi) is 7.84. The standard InChI is InChI=1S/C27H34N4O4/c1-8-30(26(33)19-13-21(34-6)15-22(14-19)35-7)17-25(32)28-24-16-23(27(3,4)5)29-31(24)20-11-9-10-18(2)12-20/h9-16H,8,17H2,1-7H3,(H,28,32). The molecule has 3 rings (SSSR count). The van der Waals surface area contributed by atoms with E-state index < -0.39 is 0 Å². The number of nitrogens with one attached hydrogen (secondary N) is 1. The number of ether oxygens (including phenoxy) is 2. The fourth-order valence-corrected chi connectivity index (χ4v) is 3.59.